The maximum absolute atomic E-state index is 12.4. The van der Waals surface area contributed by atoms with Crippen molar-refractivity contribution in [2.24, 2.45) is 5.92 Å². The zero-order valence-corrected chi connectivity index (χ0v) is 15.9. The smallest absolute Gasteiger partial charge is 0.277 e. The van der Waals surface area contributed by atoms with E-state index in [-0.39, 0.29) is 5.91 Å². The van der Waals surface area contributed by atoms with Crippen molar-refractivity contribution < 1.29 is 9.21 Å². The third-order valence-electron chi connectivity index (χ3n) is 4.92. The number of aromatic nitrogens is 2. The maximum atomic E-state index is 12.4. The van der Waals surface area contributed by atoms with Crippen LogP contribution in [0.15, 0.2) is 33.9 Å². The van der Waals surface area contributed by atoms with Crippen LogP contribution in [0.3, 0.4) is 0 Å². The minimum Gasteiger partial charge on any atom is -0.411 e. The van der Waals surface area contributed by atoms with Gasteiger partial charge < -0.3 is 9.32 Å². The molecule has 1 amide bonds. The van der Waals surface area contributed by atoms with Crippen LogP contribution in [-0.2, 0) is 4.79 Å². The third-order valence-corrected chi connectivity index (χ3v) is 5.72. The Morgan fingerprint density at radius 1 is 1.28 bits per heavy atom. The molecule has 1 aliphatic carbocycles. The first-order valence-electron chi connectivity index (χ1n) is 8.82. The molecule has 134 valence electrons. The van der Waals surface area contributed by atoms with Gasteiger partial charge in [0.1, 0.15) is 0 Å². The number of aryl methyl sites for hydroxylation is 1. The lowest BCUT2D eigenvalue weighted by Crippen LogP contribution is -2.40. The fraction of sp³-hybridized carbons (Fsp3) is 0.526. The molecule has 1 aromatic heterocycles. The molecule has 0 radical (unpaired) electrons. The van der Waals surface area contributed by atoms with Crippen molar-refractivity contribution in [1.29, 1.82) is 0 Å². The van der Waals surface area contributed by atoms with Gasteiger partial charge >= 0.3 is 0 Å². The second kappa shape index (κ2) is 8.04. The van der Waals surface area contributed by atoms with Gasteiger partial charge in [-0.25, -0.2) is 0 Å². The Kier molecular flexibility index (Phi) is 5.78. The molecule has 0 spiro atoms. The molecule has 1 heterocycles. The quantitative estimate of drug-likeness (QED) is 0.750. The summed E-state index contributed by atoms with van der Waals surface area (Å²) in [4.78, 5) is 14.3. The van der Waals surface area contributed by atoms with Crippen LogP contribution in [0.25, 0.3) is 11.5 Å². The summed E-state index contributed by atoms with van der Waals surface area (Å²) in [6.07, 6.45) is 4.62. The molecule has 1 fully saturated rings. The summed E-state index contributed by atoms with van der Waals surface area (Å²) in [6, 6.07) is 8.30. The summed E-state index contributed by atoms with van der Waals surface area (Å²) in [5.41, 5.74) is 2.04. The highest BCUT2D eigenvalue weighted by molar-refractivity contribution is 7.99. The van der Waals surface area contributed by atoms with Gasteiger partial charge in [-0.3, -0.25) is 4.79 Å². The number of carbonyl (C=O) groups excluding carboxylic acids is 1. The summed E-state index contributed by atoms with van der Waals surface area (Å²) < 4.78 is 5.68. The fourth-order valence-corrected chi connectivity index (χ4v) is 3.91. The topological polar surface area (TPSA) is 59.2 Å². The summed E-state index contributed by atoms with van der Waals surface area (Å²) in [5, 5.41) is 8.58. The SMILES string of the molecule is Cc1cccc(-c2nnc(SCC(=O)N(C)C3CCC(C)CC3)o2)c1. The standard InChI is InChI=1S/C19H25N3O2S/c1-13-7-9-16(10-8-13)22(3)17(23)12-25-19-21-20-18(24-19)15-6-4-5-14(2)11-15/h4-6,11,13,16H,7-10,12H2,1-3H3. The van der Waals surface area contributed by atoms with Crippen LogP contribution in [0.5, 0.6) is 0 Å². The van der Waals surface area contributed by atoms with Gasteiger partial charge in [0.2, 0.25) is 11.8 Å². The predicted octanol–water partition coefficient (Wildman–Crippen LogP) is 4.17. The van der Waals surface area contributed by atoms with Crippen molar-refractivity contribution in [2.45, 2.75) is 50.8 Å². The Balaban J connectivity index is 1.54. The monoisotopic (exact) mass is 359 g/mol. The van der Waals surface area contributed by atoms with Gasteiger partial charge in [-0.05, 0) is 50.7 Å². The summed E-state index contributed by atoms with van der Waals surface area (Å²) in [7, 11) is 1.91. The molecule has 0 bridgehead atoms. The summed E-state index contributed by atoms with van der Waals surface area (Å²) in [5.74, 6) is 1.73. The van der Waals surface area contributed by atoms with E-state index in [9.17, 15) is 4.79 Å². The van der Waals surface area contributed by atoms with Gasteiger partial charge in [-0.1, -0.05) is 36.4 Å². The molecule has 1 saturated carbocycles. The van der Waals surface area contributed by atoms with E-state index in [4.69, 9.17) is 4.42 Å². The van der Waals surface area contributed by atoms with E-state index in [1.54, 1.807) is 0 Å². The van der Waals surface area contributed by atoms with Crippen LogP contribution in [0.2, 0.25) is 0 Å². The molecular formula is C19H25N3O2S. The number of hydrogen-bond acceptors (Lipinski definition) is 5. The predicted molar refractivity (Wildman–Crippen MR) is 99.4 cm³/mol. The van der Waals surface area contributed by atoms with E-state index in [1.165, 1.54) is 24.6 Å². The first kappa shape index (κ1) is 18.0. The minimum absolute atomic E-state index is 0.125. The number of thioether (sulfide) groups is 1. The second-order valence-electron chi connectivity index (χ2n) is 6.95. The molecule has 0 saturated heterocycles. The number of benzene rings is 1. The highest BCUT2D eigenvalue weighted by Gasteiger charge is 2.25. The van der Waals surface area contributed by atoms with E-state index < -0.39 is 0 Å². The number of rotatable bonds is 5. The highest BCUT2D eigenvalue weighted by atomic mass is 32.2. The Labute approximate surface area is 153 Å². The average Bonchev–Trinajstić information content (AvgIpc) is 3.09. The van der Waals surface area contributed by atoms with E-state index in [0.29, 0.717) is 22.9 Å². The highest BCUT2D eigenvalue weighted by Crippen LogP contribution is 2.28. The first-order chi connectivity index (χ1) is 12.0. The van der Waals surface area contributed by atoms with E-state index in [0.717, 1.165) is 29.9 Å². The number of hydrogen-bond donors (Lipinski definition) is 0. The molecule has 0 unspecified atom stereocenters. The lowest BCUT2D eigenvalue weighted by atomic mass is 9.87. The molecule has 6 heteroatoms. The van der Waals surface area contributed by atoms with Gasteiger partial charge in [-0.15, -0.1) is 10.2 Å². The minimum atomic E-state index is 0.125. The van der Waals surface area contributed by atoms with Crippen molar-refractivity contribution in [2.75, 3.05) is 12.8 Å². The molecule has 0 aliphatic heterocycles. The first-order valence-corrected chi connectivity index (χ1v) is 9.80. The Morgan fingerprint density at radius 3 is 2.76 bits per heavy atom. The van der Waals surface area contributed by atoms with Crippen molar-refractivity contribution in [3.05, 3.63) is 29.8 Å². The summed E-state index contributed by atoms with van der Waals surface area (Å²) in [6.45, 7) is 4.31. The van der Waals surface area contributed by atoms with Crippen LogP contribution in [0, 0.1) is 12.8 Å². The van der Waals surface area contributed by atoms with Gasteiger partial charge in [0, 0.05) is 18.7 Å². The van der Waals surface area contributed by atoms with Crippen LogP contribution in [0.4, 0.5) is 0 Å². The lowest BCUT2D eigenvalue weighted by Gasteiger charge is -2.33. The normalized spacial score (nSPS) is 20.4. The lowest BCUT2D eigenvalue weighted by molar-refractivity contribution is -0.129. The van der Waals surface area contributed by atoms with Crippen molar-refractivity contribution in [3.63, 3.8) is 0 Å². The Hall–Kier alpha value is -1.82. The van der Waals surface area contributed by atoms with E-state index >= 15 is 0 Å². The molecule has 25 heavy (non-hydrogen) atoms. The van der Waals surface area contributed by atoms with Gasteiger partial charge in [0.15, 0.2) is 0 Å². The van der Waals surface area contributed by atoms with Crippen molar-refractivity contribution in [1.82, 2.24) is 15.1 Å². The number of nitrogens with zero attached hydrogens (tertiary/aromatic N) is 3. The summed E-state index contributed by atoms with van der Waals surface area (Å²) >= 11 is 1.31. The Morgan fingerprint density at radius 2 is 2.04 bits per heavy atom. The van der Waals surface area contributed by atoms with Gasteiger partial charge in [-0.2, -0.15) is 0 Å². The second-order valence-corrected chi connectivity index (χ2v) is 7.88. The molecule has 1 aliphatic rings. The van der Waals surface area contributed by atoms with E-state index in [2.05, 4.69) is 17.1 Å². The molecule has 3 rings (SSSR count). The van der Waals surface area contributed by atoms with Crippen LogP contribution >= 0.6 is 11.8 Å². The molecule has 0 atom stereocenters. The molecule has 1 aromatic carbocycles. The number of amides is 1. The number of carbonyl (C=O) groups is 1. The average molecular weight is 359 g/mol. The van der Waals surface area contributed by atoms with Gasteiger partial charge in [0.25, 0.3) is 5.22 Å². The zero-order chi connectivity index (χ0) is 17.8. The van der Waals surface area contributed by atoms with E-state index in [1.807, 2.05) is 43.1 Å². The van der Waals surface area contributed by atoms with Crippen molar-refractivity contribution in [3.8, 4) is 11.5 Å². The maximum Gasteiger partial charge on any atom is 0.277 e. The van der Waals surface area contributed by atoms with Crippen molar-refractivity contribution >= 4 is 17.7 Å². The molecule has 0 N–H and O–H groups in total. The molecule has 2 aromatic rings. The third kappa shape index (κ3) is 4.63. The van der Waals surface area contributed by atoms with Crippen LogP contribution in [-0.4, -0.2) is 39.8 Å². The molecule has 5 nitrogen and oxygen atoms in total. The fourth-order valence-electron chi connectivity index (χ4n) is 3.22. The van der Waals surface area contributed by atoms with Crippen LogP contribution in [0.1, 0.15) is 38.2 Å². The largest absolute Gasteiger partial charge is 0.411 e. The Bertz CT molecular complexity index is 723. The van der Waals surface area contributed by atoms with Crippen LogP contribution < -0.4 is 0 Å². The van der Waals surface area contributed by atoms with Gasteiger partial charge in [0.05, 0.1) is 5.75 Å². The zero-order valence-electron chi connectivity index (χ0n) is 15.1. The molecular weight excluding hydrogens is 334 g/mol.